The molecule has 2 atom stereocenters. The highest BCUT2D eigenvalue weighted by atomic mass is 16.1. The van der Waals surface area contributed by atoms with Crippen molar-refractivity contribution < 1.29 is 4.79 Å². The van der Waals surface area contributed by atoms with Crippen LogP contribution in [0.15, 0.2) is 30.3 Å². The Labute approximate surface area is 84.1 Å². The maximum Gasteiger partial charge on any atom is 0.234 e. The second-order valence-electron chi connectivity index (χ2n) is 3.35. The van der Waals surface area contributed by atoms with Crippen molar-refractivity contribution in [2.45, 2.75) is 25.3 Å². The van der Waals surface area contributed by atoms with Gasteiger partial charge < -0.3 is 11.5 Å². The zero-order chi connectivity index (χ0) is 10.6. The molecule has 0 fully saturated rings. The highest BCUT2D eigenvalue weighted by molar-refractivity contribution is 5.80. The molecule has 1 amide bonds. The molecular formula is C11H16N2O. The van der Waals surface area contributed by atoms with E-state index in [1.165, 1.54) is 0 Å². The van der Waals surface area contributed by atoms with Crippen LogP contribution < -0.4 is 11.5 Å². The van der Waals surface area contributed by atoms with Crippen LogP contribution in [0, 0.1) is 0 Å². The van der Waals surface area contributed by atoms with Crippen LogP contribution in [0.2, 0.25) is 0 Å². The lowest BCUT2D eigenvalue weighted by Crippen LogP contribution is -2.41. The standard InChI is InChI=1S/C11H16N2O/c1-2-9(10(12)11(13)14)8-6-4-3-5-7-8/h3-7,9-10H,2,12H2,1H3,(H2,13,14). The van der Waals surface area contributed by atoms with Crippen LogP contribution in [0.4, 0.5) is 0 Å². The molecule has 0 aliphatic carbocycles. The molecule has 76 valence electrons. The Morgan fingerprint density at radius 1 is 1.36 bits per heavy atom. The van der Waals surface area contributed by atoms with Crippen LogP contribution in [0.3, 0.4) is 0 Å². The zero-order valence-electron chi connectivity index (χ0n) is 8.31. The molecule has 0 aliphatic rings. The first-order valence-electron chi connectivity index (χ1n) is 4.76. The van der Waals surface area contributed by atoms with Gasteiger partial charge in [-0.3, -0.25) is 4.79 Å². The molecule has 0 spiro atoms. The van der Waals surface area contributed by atoms with Crippen LogP contribution in [0.5, 0.6) is 0 Å². The number of nitrogens with two attached hydrogens (primary N) is 2. The van der Waals surface area contributed by atoms with Crippen molar-refractivity contribution in [3.63, 3.8) is 0 Å². The van der Waals surface area contributed by atoms with Crippen LogP contribution in [0.1, 0.15) is 24.8 Å². The fraction of sp³-hybridized carbons (Fsp3) is 0.364. The molecule has 1 rings (SSSR count). The van der Waals surface area contributed by atoms with E-state index in [-0.39, 0.29) is 5.92 Å². The number of primary amides is 1. The first-order valence-corrected chi connectivity index (χ1v) is 4.76. The summed E-state index contributed by atoms with van der Waals surface area (Å²) in [4.78, 5) is 11.0. The van der Waals surface area contributed by atoms with E-state index in [1.807, 2.05) is 37.3 Å². The minimum absolute atomic E-state index is 0.0219. The molecule has 3 heteroatoms. The molecule has 0 saturated carbocycles. The number of carbonyl (C=O) groups excluding carboxylic acids is 1. The minimum atomic E-state index is -0.595. The summed E-state index contributed by atoms with van der Waals surface area (Å²) in [6.45, 7) is 2.00. The van der Waals surface area contributed by atoms with Crippen LogP contribution in [-0.4, -0.2) is 11.9 Å². The van der Waals surface area contributed by atoms with Gasteiger partial charge in [0.05, 0.1) is 6.04 Å². The third-order valence-corrected chi connectivity index (χ3v) is 2.43. The number of hydrogen-bond acceptors (Lipinski definition) is 2. The number of rotatable bonds is 4. The van der Waals surface area contributed by atoms with Crippen molar-refractivity contribution in [3.05, 3.63) is 35.9 Å². The van der Waals surface area contributed by atoms with E-state index >= 15 is 0 Å². The molecule has 0 radical (unpaired) electrons. The molecule has 0 aliphatic heterocycles. The third kappa shape index (κ3) is 2.33. The zero-order valence-corrected chi connectivity index (χ0v) is 8.31. The molecule has 1 aromatic rings. The Bertz CT molecular complexity index is 297. The highest BCUT2D eigenvalue weighted by Gasteiger charge is 2.21. The van der Waals surface area contributed by atoms with Crippen molar-refractivity contribution in [3.8, 4) is 0 Å². The Morgan fingerprint density at radius 3 is 2.36 bits per heavy atom. The minimum Gasteiger partial charge on any atom is -0.368 e. The Balaban J connectivity index is 2.87. The van der Waals surface area contributed by atoms with Gasteiger partial charge in [0, 0.05) is 5.92 Å². The number of hydrogen-bond donors (Lipinski definition) is 2. The van der Waals surface area contributed by atoms with Crippen LogP contribution >= 0.6 is 0 Å². The predicted molar refractivity (Wildman–Crippen MR) is 56.6 cm³/mol. The second-order valence-corrected chi connectivity index (χ2v) is 3.35. The number of benzene rings is 1. The SMILES string of the molecule is CCC(c1ccccc1)C(N)C(N)=O. The van der Waals surface area contributed by atoms with E-state index in [0.717, 1.165) is 12.0 Å². The first-order chi connectivity index (χ1) is 6.66. The van der Waals surface area contributed by atoms with Gasteiger partial charge in [0.15, 0.2) is 0 Å². The highest BCUT2D eigenvalue weighted by Crippen LogP contribution is 2.21. The quantitative estimate of drug-likeness (QED) is 0.747. The summed E-state index contributed by atoms with van der Waals surface area (Å²) in [7, 11) is 0. The van der Waals surface area contributed by atoms with Crippen molar-refractivity contribution >= 4 is 5.91 Å². The molecule has 4 N–H and O–H groups in total. The third-order valence-electron chi connectivity index (χ3n) is 2.43. The molecule has 0 aromatic heterocycles. The van der Waals surface area contributed by atoms with Crippen LogP contribution in [0.25, 0.3) is 0 Å². The lowest BCUT2D eigenvalue weighted by Gasteiger charge is -2.20. The molecule has 0 heterocycles. The van der Waals surface area contributed by atoms with Crippen molar-refractivity contribution in [2.75, 3.05) is 0 Å². The second kappa shape index (κ2) is 4.77. The molecule has 0 saturated heterocycles. The van der Waals surface area contributed by atoms with Crippen LogP contribution in [-0.2, 0) is 4.79 Å². The van der Waals surface area contributed by atoms with Gasteiger partial charge in [0.1, 0.15) is 0 Å². The van der Waals surface area contributed by atoms with Gasteiger partial charge >= 0.3 is 0 Å². The summed E-state index contributed by atoms with van der Waals surface area (Å²) >= 11 is 0. The summed E-state index contributed by atoms with van der Waals surface area (Å²) in [6.07, 6.45) is 0.814. The van der Waals surface area contributed by atoms with E-state index in [9.17, 15) is 4.79 Å². The largest absolute Gasteiger partial charge is 0.368 e. The molecule has 2 unspecified atom stereocenters. The predicted octanol–water partition coefficient (Wildman–Crippen LogP) is 0.993. The first kappa shape index (κ1) is 10.7. The van der Waals surface area contributed by atoms with Crippen molar-refractivity contribution in [1.82, 2.24) is 0 Å². The average Bonchev–Trinajstić information content (AvgIpc) is 2.20. The van der Waals surface area contributed by atoms with Gasteiger partial charge in [0.25, 0.3) is 0 Å². The maximum atomic E-state index is 11.0. The Morgan fingerprint density at radius 2 is 1.93 bits per heavy atom. The summed E-state index contributed by atoms with van der Waals surface area (Å²) in [5.41, 5.74) is 12.0. The van der Waals surface area contributed by atoms with Gasteiger partial charge in [-0.05, 0) is 12.0 Å². The maximum absolute atomic E-state index is 11.0. The van der Waals surface area contributed by atoms with E-state index in [1.54, 1.807) is 0 Å². The summed E-state index contributed by atoms with van der Waals surface area (Å²) in [5.74, 6) is -0.422. The summed E-state index contributed by atoms with van der Waals surface area (Å²) in [5, 5.41) is 0. The van der Waals surface area contributed by atoms with E-state index in [4.69, 9.17) is 11.5 Å². The van der Waals surface area contributed by atoms with Crippen molar-refractivity contribution in [1.29, 1.82) is 0 Å². The smallest absolute Gasteiger partial charge is 0.234 e. The van der Waals surface area contributed by atoms with Gasteiger partial charge in [-0.15, -0.1) is 0 Å². The lowest BCUT2D eigenvalue weighted by molar-refractivity contribution is -0.119. The molecular weight excluding hydrogens is 176 g/mol. The van der Waals surface area contributed by atoms with Gasteiger partial charge in [0.2, 0.25) is 5.91 Å². The lowest BCUT2D eigenvalue weighted by atomic mass is 9.89. The topological polar surface area (TPSA) is 69.1 Å². The monoisotopic (exact) mass is 192 g/mol. The van der Waals surface area contributed by atoms with Gasteiger partial charge in [-0.25, -0.2) is 0 Å². The van der Waals surface area contributed by atoms with Gasteiger partial charge in [-0.1, -0.05) is 37.3 Å². The molecule has 3 nitrogen and oxygen atoms in total. The van der Waals surface area contributed by atoms with Crippen molar-refractivity contribution in [2.24, 2.45) is 11.5 Å². The summed E-state index contributed by atoms with van der Waals surface area (Å²) < 4.78 is 0. The van der Waals surface area contributed by atoms with E-state index in [0.29, 0.717) is 0 Å². The van der Waals surface area contributed by atoms with E-state index in [2.05, 4.69) is 0 Å². The Kier molecular flexibility index (Phi) is 3.65. The molecule has 14 heavy (non-hydrogen) atoms. The van der Waals surface area contributed by atoms with Gasteiger partial charge in [-0.2, -0.15) is 0 Å². The molecule has 1 aromatic carbocycles. The number of carbonyl (C=O) groups is 1. The fourth-order valence-corrected chi connectivity index (χ4v) is 1.60. The number of amides is 1. The Hall–Kier alpha value is -1.35. The normalized spacial score (nSPS) is 14.7. The fourth-order valence-electron chi connectivity index (χ4n) is 1.60. The molecule has 0 bridgehead atoms. The van der Waals surface area contributed by atoms with E-state index < -0.39 is 11.9 Å². The average molecular weight is 192 g/mol. The summed E-state index contributed by atoms with van der Waals surface area (Å²) in [6, 6.07) is 9.15.